The molecule has 0 aliphatic heterocycles. The first-order chi connectivity index (χ1) is 9.11. The van der Waals surface area contributed by atoms with Gasteiger partial charge in [-0.2, -0.15) is 0 Å². The van der Waals surface area contributed by atoms with Crippen LogP contribution in [0.2, 0.25) is 0 Å². The van der Waals surface area contributed by atoms with Crippen LogP contribution < -0.4 is 0 Å². The SMILES string of the molecule is C[C@@]1(C(=O)O)CC12c1ccccc1-c1ccccc12. The summed E-state index contributed by atoms with van der Waals surface area (Å²) in [5, 5.41) is 9.59. The fourth-order valence-corrected chi connectivity index (χ4v) is 3.85. The van der Waals surface area contributed by atoms with E-state index >= 15 is 0 Å². The fourth-order valence-electron chi connectivity index (χ4n) is 3.85. The number of carboxylic acid groups (broad SMARTS) is 1. The van der Waals surface area contributed by atoms with Crippen LogP contribution in [-0.2, 0) is 10.2 Å². The molecule has 0 amide bonds. The summed E-state index contributed by atoms with van der Waals surface area (Å²) in [6.07, 6.45) is 0.698. The molecule has 2 aromatic rings. The Morgan fingerprint density at radius 3 is 1.89 bits per heavy atom. The highest BCUT2D eigenvalue weighted by atomic mass is 16.4. The Balaban J connectivity index is 2.07. The van der Waals surface area contributed by atoms with Crippen LogP contribution in [0.3, 0.4) is 0 Å². The molecular weight excluding hydrogens is 236 g/mol. The van der Waals surface area contributed by atoms with E-state index < -0.39 is 11.4 Å². The topological polar surface area (TPSA) is 37.3 Å². The van der Waals surface area contributed by atoms with E-state index in [1.54, 1.807) is 0 Å². The van der Waals surface area contributed by atoms with Gasteiger partial charge in [0.2, 0.25) is 0 Å². The van der Waals surface area contributed by atoms with Crippen molar-refractivity contribution < 1.29 is 9.90 Å². The highest BCUT2D eigenvalue weighted by molar-refractivity contribution is 5.92. The number of rotatable bonds is 1. The second-order valence-electron chi connectivity index (χ2n) is 5.81. The summed E-state index contributed by atoms with van der Waals surface area (Å²) in [7, 11) is 0. The lowest BCUT2D eigenvalue weighted by atomic mass is 9.85. The molecular formula is C17H14O2. The predicted molar refractivity (Wildman–Crippen MR) is 73.0 cm³/mol. The van der Waals surface area contributed by atoms with Crippen LogP contribution in [0, 0.1) is 5.41 Å². The maximum Gasteiger partial charge on any atom is 0.310 e. The molecule has 1 atom stereocenters. The monoisotopic (exact) mass is 250 g/mol. The van der Waals surface area contributed by atoms with Crippen molar-refractivity contribution >= 4 is 5.97 Å². The first kappa shape index (κ1) is 10.8. The molecule has 2 nitrogen and oxygen atoms in total. The molecule has 1 fully saturated rings. The Morgan fingerprint density at radius 2 is 1.47 bits per heavy atom. The second-order valence-corrected chi connectivity index (χ2v) is 5.81. The number of carbonyl (C=O) groups is 1. The van der Waals surface area contributed by atoms with E-state index in [0.717, 1.165) is 0 Å². The number of fused-ring (bicyclic) bond motifs is 5. The van der Waals surface area contributed by atoms with Gasteiger partial charge in [-0.1, -0.05) is 48.5 Å². The van der Waals surface area contributed by atoms with Gasteiger partial charge >= 0.3 is 5.97 Å². The third-order valence-corrected chi connectivity index (χ3v) is 4.97. The normalized spacial score (nSPS) is 24.9. The van der Waals surface area contributed by atoms with Crippen molar-refractivity contribution in [3.05, 3.63) is 59.7 Å². The lowest BCUT2D eigenvalue weighted by Crippen LogP contribution is -2.23. The van der Waals surface area contributed by atoms with Gasteiger partial charge in [0.05, 0.1) is 5.41 Å². The van der Waals surface area contributed by atoms with Crippen LogP contribution >= 0.6 is 0 Å². The van der Waals surface area contributed by atoms with Crippen LogP contribution in [0.15, 0.2) is 48.5 Å². The number of hydrogen-bond donors (Lipinski definition) is 1. The molecule has 2 heteroatoms. The third kappa shape index (κ3) is 1.02. The van der Waals surface area contributed by atoms with E-state index in [2.05, 4.69) is 24.3 Å². The number of carboxylic acids is 1. The van der Waals surface area contributed by atoms with Gasteiger partial charge in [0.1, 0.15) is 0 Å². The second kappa shape index (κ2) is 3.08. The first-order valence-corrected chi connectivity index (χ1v) is 6.54. The molecule has 1 spiro atoms. The van der Waals surface area contributed by atoms with E-state index in [9.17, 15) is 9.90 Å². The highest BCUT2D eigenvalue weighted by Crippen LogP contribution is 2.73. The van der Waals surface area contributed by atoms with Crippen molar-refractivity contribution in [3.8, 4) is 11.1 Å². The average molecular weight is 250 g/mol. The Hall–Kier alpha value is -2.09. The molecule has 0 unspecified atom stereocenters. The average Bonchev–Trinajstić information content (AvgIpc) is 2.98. The molecule has 2 aliphatic rings. The smallest absolute Gasteiger partial charge is 0.310 e. The van der Waals surface area contributed by atoms with Crippen molar-refractivity contribution in [2.45, 2.75) is 18.8 Å². The summed E-state index contributed by atoms with van der Waals surface area (Å²) < 4.78 is 0. The summed E-state index contributed by atoms with van der Waals surface area (Å²) in [5.41, 5.74) is 3.77. The van der Waals surface area contributed by atoms with Crippen LogP contribution in [0.1, 0.15) is 24.5 Å². The number of aliphatic carboxylic acids is 1. The zero-order valence-corrected chi connectivity index (χ0v) is 10.7. The van der Waals surface area contributed by atoms with Gasteiger partial charge in [0.15, 0.2) is 0 Å². The number of hydrogen-bond acceptors (Lipinski definition) is 1. The largest absolute Gasteiger partial charge is 0.481 e. The van der Waals surface area contributed by atoms with Crippen LogP contribution in [0.25, 0.3) is 11.1 Å². The Bertz CT molecular complexity index is 671. The number of benzene rings is 2. The van der Waals surface area contributed by atoms with E-state index in [4.69, 9.17) is 0 Å². The molecule has 0 aromatic heterocycles. The predicted octanol–water partition coefficient (Wildman–Crippen LogP) is 3.45. The first-order valence-electron chi connectivity index (χ1n) is 6.54. The summed E-state index contributed by atoms with van der Waals surface area (Å²) in [5.74, 6) is -0.695. The van der Waals surface area contributed by atoms with Crippen molar-refractivity contribution in [1.82, 2.24) is 0 Å². The van der Waals surface area contributed by atoms with Crippen LogP contribution in [0.5, 0.6) is 0 Å². The summed E-state index contributed by atoms with van der Waals surface area (Å²) >= 11 is 0. The van der Waals surface area contributed by atoms with Gasteiger partial charge in [-0.3, -0.25) is 4.79 Å². The van der Waals surface area contributed by atoms with Gasteiger partial charge < -0.3 is 5.11 Å². The lowest BCUT2D eigenvalue weighted by molar-refractivity contribution is -0.143. The Morgan fingerprint density at radius 1 is 1.00 bits per heavy atom. The molecule has 19 heavy (non-hydrogen) atoms. The lowest BCUT2D eigenvalue weighted by Gasteiger charge is -2.17. The van der Waals surface area contributed by atoms with Gasteiger partial charge in [0.25, 0.3) is 0 Å². The van der Waals surface area contributed by atoms with Crippen molar-refractivity contribution in [3.63, 3.8) is 0 Å². The fraction of sp³-hybridized carbons (Fsp3) is 0.235. The van der Waals surface area contributed by atoms with Crippen molar-refractivity contribution in [2.75, 3.05) is 0 Å². The van der Waals surface area contributed by atoms with E-state index in [1.807, 2.05) is 31.2 Å². The van der Waals surface area contributed by atoms with E-state index in [1.165, 1.54) is 22.3 Å². The molecule has 94 valence electrons. The minimum atomic E-state index is -0.695. The molecule has 4 rings (SSSR count). The van der Waals surface area contributed by atoms with Gasteiger partial charge in [-0.25, -0.2) is 0 Å². The molecule has 0 radical (unpaired) electrons. The molecule has 0 saturated heterocycles. The van der Waals surface area contributed by atoms with Gasteiger partial charge in [0, 0.05) is 5.41 Å². The minimum absolute atomic E-state index is 0.313. The standard InChI is InChI=1S/C17H14O2/c1-16(15(18)19)10-17(16)13-8-4-2-6-11(13)12-7-3-5-9-14(12)17/h2-9H,10H2,1H3,(H,18,19)/t16-/m0/s1. The Labute approximate surface area is 111 Å². The van der Waals surface area contributed by atoms with Gasteiger partial charge in [-0.15, -0.1) is 0 Å². The molecule has 2 aliphatic carbocycles. The minimum Gasteiger partial charge on any atom is -0.481 e. The summed E-state index contributed by atoms with van der Waals surface area (Å²) in [4.78, 5) is 11.7. The van der Waals surface area contributed by atoms with E-state index in [0.29, 0.717) is 6.42 Å². The molecule has 1 saturated carbocycles. The van der Waals surface area contributed by atoms with Crippen molar-refractivity contribution in [2.24, 2.45) is 5.41 Å². The van der Waals surface area contributed by atoms with E-state index in [-0.39, 0.29) is 5.41 Å². The van der Waals surface area contributed by atoms with Crippen LogP contribution in [0.4, 0.5) is 0 Å². The van der Waals surface area contributed by atoms with Gasteiger partial charge in [-0.05, 0) is 35.6 Å². The quantitative estimate of drug-likeness (QED) is 0.841. The third-order valence-electron chi connectivity index (χ3n) is 4.97. The molecule has 1 N–H and O–H groups in total. The summed E-state index contributed by atoms with van der Waals surface area (Å²) in [6.45, 7) is 1.87. The molecule has 2 aromatic carbocycles. The Kier molecular flexibility index (Phi) is 1.75. The zero-order chi connectivity index (χ0) is 13.3. The zero-order valence-electron chi connectivity index (χ0n) is 10.7. The molecule has 0 bridgehead atoms. The van der Waals surface area contributed by atoms with Crippen molar-refractivity contribution in [1.29, 1.82) is 0 Å². The summed E-state index contributed by atoms with van der Waals surface area (Å²) in [6, 6.07) is 16.4. The maximum atomic E-state index is 11.7. The highest BCUT2D eigenvalue weighted by Gasteiger charge is 2.73. The van der Waals surface area contributed by atoms with Crippen LogP contribution in [-0.4, -0.2) is 11.1 Å². The maximum absolute atomic E-state index is 11.7. The molecule has 0 heterocycles.